The first-order chi connectivity index (χ1) is 6.93. The van der Waals surface area contributed by atoms with E-state index in [9.17, 15) is 13.2 Å². The van der Waals surface area contributed by atoms with Gasteiger partial charge in [0.25, 0.3) is 10.0 Å². The van der Waals surface area contributed by atoms with E-state index >= 15 is 0 Å². The molecule has 0 atom stereocenters. The lowest BCUT2D eigenvalue weighted by atomic mass is 10.7. The highest BCUT2D eigenvalue weighted by atomic mass is 79.9. The Labute approximate surface area is 98.0 Å². The molecule has 0 aliphatic rings. The van der Waals surface area contributed by atoms with Gasteiger partial charge in [-0.1, -0.05) is 4.89 Å². The molecular weight excluding hydrogens is 310 g/mol. The lowest BCUT2D eigenvalue weighted by Gasteiger charge is -2.03. The average Bonchev–Trinajstić information content (AvgIpc) is 2.50. The van der Waals surface area contributed by atoms with E-state index in [1.165, 1.54) is 0 Å². The van der Waals surface area contributed by atoms with E-state index < -0.39 is 22.6 Å². The number of carboxylic acids is 1. The fourth-order valence-electron chi connectivity index (χ4n) is 0.678. The van der Waals surface area contributed by atoms with Crippen molar-refractivity contribution in [1.29, 1.82) is 0 Å². The molecule has 0 saturated heterocycles. The Hall–Kier alpha value is -0.480. The van der Waals surface area contributed by atoms with Crippen molar-refractivity contribution in [2.45, 2.75) is 4.21 Å². The number of halogens is 1. The maximum absolute atomic E-state index is 11.4. The van der Waals surface area contributed by atoms with Crippen LogP contribution in [0.2, 0.25) is 0 Å². The van der Waals surface area contributed by atoms with Crippen LogP contribution in [0.25, 0.3) is 0 Å². The third-order valence-electron chi connectivity index (χ3n) is 1.19. The van der Waals surface area contributed by atoms with Gasteiger partial charge in [-0.05, 0) is 27.4 Å². The Kier molecular flexibility index (Phi) is 4.22. The zero-order chi connectivity index (χ0) is 11.5. The molecule has 6 nitrogen and oxygen atoms in total. The number of hydrogen-bond acceptors (Lipinski definition) is 5. The molecule has 1 aromatic rings. The number of carboxylic acid groups (broad SMARTS) is 1. The topological polar surface area (TPSA) is 92.7 Å². The molecule has 0 spiro atoms. The third kappa shape index (κ3) is 3.54. The van der Waals surface area contributed by atoms with Gasteiger partial charge in [-0.3, -0.25) is 4.84 Å². The van der Waals surface area contributed by atoms with Gasteiger partial charge in [0, 0.05) is 4.47 Å². The van der Waals surface area contributed by atoms with Crippen molar-refractivity contribution in [1.82, 2.24) is 4.89 Å². The Bertz CT molecular complexity index is 454. The van der Waals surface area contributed by atoms with E-state index in [-0.39, 0.29) is 4.21 Å². The smallest absolute Gasteiger partial charge is 0.331 e. The second-order valence-electron chi connectivity index (χ2n) is 2.33. The zero-order valence-electron chi connectivity index (χ0n) is 7.14. The quantitative estimate of drug-likeness (QED) is 0.784. The molecule has 15 heavy (non-hydrogen) atoms. The van der Waals surface area contributed by atoms with Crippen molar-refractivity contribution in [2.75, 3.05) is 6.61 Å². The van der Waals surface area contributed by atoms with E-state index in [4.69, 9.17) is 5.11 Å². The minimum Gasteiger partial charge on any atom is -0.479 e. The van der Waals surface area contributed by atoms with Crippen molar-refractivity contribution in [3.63, 3.8) is 0 Å². The predicted molar refractivity (Wildman–Crippen MR) is 55.9 cm³/mol. The number of thiophene rings is 1. The summed E-state index contributed by atoms with van der Waals surface area (Å²) < 4.78 is 23.3. The highest BCUT2D eigenvalue weighted by molar-refractivity contribution is 9.10. The van der Waals surface area contributed by atoms with Gasteiger partial charge in [0.05, 0.1) is 0 Å². The van der Waals surface area contributed by atoms with Crippen LogP contribution in [-0.4, -0.2) is 26.1 Å². The van der Waals surface area contributed by atoms with Crippen molar-refractivity contribution in [2.24, 2.45) is 0 Å². The highest BCUT2D eigenvalue weighted by Gasteiger charge is 2.19. The van der Waals surface area contributed by atoms with Crippen LogP contribution in [-0.2, 0) is 19.7 Å². The lowest BCUT2D eigenvalue weighted by Crippen LogP contribution is -2.26. The minimum absolute atomic E-state index is 0.0351. The van der Waals surface area contributed by atoms with E-state index in [0.717, 1.165) is 11.3 Å². The summed E-state index contributed by atoms with van der Waals surface area (Å²) in [5.41, 5.74) is 0. The number of carbonyl (C=O) groups is 1. The standard InChI is InChI=1S/C6H6BrNO5S2/c7-4-1-2-14-6(4)15(11,12)8-13-3-5(9)10/h1-2,8H,3H2,(H,9,10). The summed E-state index contributed by atoms with van der Waals surface area (Å²) in [5.74, 6) is -1.26. The zero-order valence-corrected chi connectivity index (χ0v) is 10.4. The monoisotopic (exact) mass is 315 g/mol. The van der Waals surface area contributed by atoms with Crippen LogP contribution in [0.4, 0.5) is 0 Å². The van der Waals surface area contributed by atoms with Crippen molar-refractivity contribution >= 4 is 43.3 Å². The summed E-state index contributed by atoms with van der Waals surface area (Å²) in [6.45, 7) is -0.734. The predicted octanol–water partition coefficient (Wildman–Crippen LogP) is 0.805. The number of rotatable bonds is 5. The van der Waals surface area contributed by atoms with Crippen LogP contribution in [0.3, 0.4) is 0 Å². The summed E-state index contributed by atoms with van der Waals surface area (Å²) in [4.78, 5) is 16.1. The maximum atomic E-state index is 11.4. The maximum Gasteiger partial charge on any atom is 0.331 e. The summed E-state index contributed by atoms with van der Waals surface area (Å²) in [5, 5.41) is 9.81. The van der Waals surface area contributed by atoms with Gasteiger partial charge in [-0.25, -0.2) is 13.2 Å². The van der Waals surface area contributed by atoms with Crippen LogP contribution < -0.4 is 4.89 Å². The van der Waals surface area contributed by atoms with E-state index in [0.29, 0.717) is 4.47 Å². The van der Waals surface area contributed by atoms with Crippen molar-refractivity contribution in [3.05, 3.63) is 15.9 Å². The van der Waals surface area contributed by atoms with Gasteiger partial charge in [0.1, 0.15) is 0 Å². The molecule has 0 aliphatic heterocycles. The molecule has 0 saturated carbocycles. The van der Waals surface area contributed by atoms with Gasteiger partial charge >= 0.3 is 5.97 Å². The van der Waals surface area contributed by atoms with Gasteiger partial charge in [0.15, 0.2) is 10.8 Å². The molecule has 0 amide bonds. The SMILES string of the molecule is O=C(O)CONS(=O)(=O)c1sccc1Br. The molecule has 0 aliphatic carbocycles. The second kappa shape index (κ2) is 5.03. The van der Waals surface area contributed by atoms with Crippen LogP contribution in [0, 0.1) is 0 Å². The van der Waals surface area contributed by atoms with E-state index in [1.54, 1.807) is 16.3 Å². The highest BCUT2D eigenvalue weighted by Crippen LogP contribution is 2.27. The number of sulfonamides is 1. The molecule has 0 radical (unpaired) electrons. The molecule has 84 valence electrons. The van der Waals surface area contributed by atoms with E-state index in [2.05, 4.69) is 20.8 Å². The number of aliphatic carboxylic acids is 1. The fraction of sp³-hybridized carbons (Fsp3) is 0.167. The summed E-state index contributed by atoms with van der Waals surface area (Å²) in [7, 11) is -3.81. The van der Waals surface area contributed by atoms with Crippen LogP contribution >= 0.6 is 27.3 Å². The molecular formula is C6H6BrNO5S2. The Morgan fingerprint density at radius 2 is 2.33 bits per heavy atom. The third-order valence-corrected chi connectivity index (χ3v) is 5.08. The summed E-state index contributed by atoms with van der Waals surface area (Å²) in [6, 6.07) is 1.57. The normalized spacial score (nSPS) is 11.5. The first-order valence-corrected chi connectivity index (χ1v) is 6.67. The van der Waals surface area contributed by atoms with Gasteiger partial charge in [-0.2, -0.15) is 0 Å². The second-order valence-corrected chi connectivity index (χ2v) is 5.94. The molecule has 0 fully saturated rings. The molecule has 2 N–H and O–H groups in total. The fourth-order valence-corrected chi connectivity index (χ4v) is 3.80. The molecule has 0 unspecified atom stereocenters. The molecule has 1 aromatic heterocycles. The van der Waals surface area contributed by atoms with Crippen LogP contribution in [0.15, 0.2) is 20.1 Å². The molecule has 1 rings (SSSR count). The first kappa shape index (κ1) is 12.6. The summed E-state index contributed by atoms with van der Waals surface area (Å²) in [6.07, 6.45) is 0. The molecule has 0 bridgehead atoms. The Balaban J connectivity index is 2.69. The van der Waals surface area contributed by atoms with Crippen molar-refractivity contribution < 1.29 is 23.2 Å². The summed E-state index contributed by atoms with van der Waals surface area (Å²) >= 11 is 4.03. The van der Waals surface area contributed by atoms with Gasteiger partial charge in [0.2, 0.25) is 0 Å². The largest absolute Gasteiger partial charge is 0.479 e. The number of hydrogen-bond donors (Lipinski definition) is 2. The molecule has 1 heterocycles. The molecule has 9 heteroatoms. The number of nitrogens with one attached hydrogen (secondary N) is 1. The van der Waals surface area contributed by atoms with Crippen LogP contribution in [0.5, 0.6) is 0 Å². The lowest BCUT2D eigenvalue weighted by molar-refractivity contribution is -0.143. The Morgan fingerprint density at radius 3 is 2.80 bits per heavy atom. The van der Waals surface area contributed by atoms with Gasteiger partial charge < -0.3 is 5.11 Å². The molecule has 0 aromatic carbocycles. The Morgan fingerprint density at radius 1 is 1.67 bits per heavy atom. The first-order valence-electron chi connectivity index (χ1n) is 3.52. The van der Waals surface area contributed by atoms with Crippen LogP contribution in [0.1, 0.15) is 0 Å². The average molecular weight is 316 g/mol. The van der Waals surface area contributed by atoms with Gasteiger partial charge in [-0.15, -0.1) is 11.3 Å². The van der Waals surface area contributed by atoms with E-state index in [1.807, 2.05) is 0 Å². The van der Waals surface area contributed by atoms with Crippen molar-refractivity contribution in [3.8, 4) is 0 Å². The minimum atomic E-state index is -3.81.